The first-order valence-corrected chi connectivity index (χ1v) is 6.33. The number of aryl methyl sites for hydroxylation is 1. The van der Waals surface area contributed by atoms with Gasteiger partial charge in [-0.3, -0.25) is 10.6 Å². The predicted molar refractivity (Wildman–Crippen MR) is 72.3 cm³/mol. The van der Waals surface area contributed by atoms with Crippen molar-refractivity contribution in [2.75, 3.05) is 5.43 Å². The Balaban J connectivity index is 2.06. The van der Waals surface area contributed by atoms with Crippen LogP contribution in [0.1, 0.15) is 20.9 Å². The lowest BCUT2D eigenvalue weighted by Gasteiger charge is -2.08. The number of rotatable bonds is 4. The fourth-order valence-corrected chi connectivity index (χ4v) is 2.28. The quantitative estimate of drug-likeness (QED) is 0.578. The number of benzene rings is 1. The topological polar surface area (TPSA) is 80.0 Å². The molecule has 0 aliphatic carbocycles. The van der Waals surface area contributed by atoms with Gasteiger partial charge in [0, 0.05) is 4.88 Å². The summed E-state index contributed by atoms with van der Waals surface area (Å²) >= 11 is 1.53. The minimum atomic E-state index is -0.156. The average molecular weight is 262 g/mol. The molecule has 1 amide bonds. The van der Waals surface area contributed by atoms with Crippen molar-refractivity contribution in [3.63, 3.8) is 0 Å². The largest absolute Gasteiger partial charge is 0.347 e. The third kappa shape index (κ3) is 2.66. The Hall–Kier alpha value is -1.92. The predicted octanol–water partition coefficient (Wildman–Crippen LogP) is 1.67. The van der Waals surface area contributed by atoms with Gasteiger partial charge in [-0.15, -0.1) is 11.3 Å². The first kappa shape index (κ1) is 12.5. The number of nitrogens with two attached hydrogens (primary N) is 1. The van der Waals surface area contributed by atoms with Gasteiger partial charge in [0.05, 0.1) is 29.0 Å². The molecule has 0 bridgehead atoms. The molecule has 0 aliphatic rings. The number of nitrogens with zero attached hydrogens (tertiary/aromatic N) is 1. The number of thiazole rings is 1. The molecule has 0 saturated carbocycles. The highest BCUT2D eigenvalue weighted by molar-refractivity contribution is 7.09. The second-order valence-electron chi connectivity index (χ2n) is 3.73. The van der Waals surface area contributed by atoms with Crippen LogP contribution >= 0.6 is 11.3 Å². The smallest absolute Gasteiger partial charge is 0.253 e. The van der Waals surface area contributed by atoms with E-state index < -0.39 is 0 Å². The van der Waals surface area contributed by atoms with Crippen LogP contribution in [0.3, 0.4) is 0 Å². The van der Waals surface area contributed by atoms with E-state index in [1.54, 1.807) is 23.7 Å². The van der Waals surface area contributed by atoms with Gasteiger partial charge < -0.3 is 10.7 Å². The van der Waals surface area contributed by atoms with Gasteiger partial charge in [-0.1, -0.05) is 12.1 Å². The van der Waals surface area contributed by atoms with Crippen LogP contribution < -0.4 is 16.6 Å². The number of carbonyl (C=O) groups excluding carboxylic acids is 1. The lowest BCUT2D eigenvalue weighted by Crippen LogP contribution is -2.24. The summed E-state index contributed by atoms with van der Waals surface area (Å²) in [6.45, 7) is 2.40. The van der Waals surface area contributed by atoms with Gasteiger partial charge in [0.25, 0.3) is 5.91 Å². The van der Waals surface area contributed by atoms with Crippen molar-refractivity contribution >= 4 is 22.9 Å². The summed E-state index contributed by atoms with van der Waals surface area (Å²) < 4.78 is 0. The first-order chi connectivity index (χ1) is 8.72. The van der Waals surface area contributed by atoms with Gasteiger partial charge in [-0.2, -0.15) is 0 Å². The Morgan fingerprint density at radius 2 is 2.22 bits per heavy atom. The number of hydrazine groups is 1. The van der Waals surface area contributed by atoms with E-state index in [-0.39, 0.29) is 5.91 Å². The minimum Gasteiger partial charge on any atom is -0.347 e. The summed E-state index contributed by atoms with van der Waals surface area (Å²) in [7, 11) is 0. The molecule has 0 fully saturated rings. The Morgan fingerprint density at radius 3 is 2.89 bits per heavy atom. The van der Waals surface area contributed by atoms with E-state index in [0.717, 1.165) is 10.6 Å². The average Bonchev–Trinajstić information content (AvgIpc) is 2.81. The third-order valence-corrected chi connectivity index (χ3v) is 3.52. The number of nitrogens with one attached hydrogen (secondary N) is 2. The maximum absolute atomic E-state index is 12.0. The van der Waals surface area contributed by atoms with Gasteiger partial charge in [-0.25, -0.2) is 4.98 Å². The Kier molecular flexibility index (Phi) is 3.91. The van der Waals surface area contributed by atoms with E-state index in [1.807, 2.05) is 13.0 Å². The van der Waals surface area contributed by atoms with Crippen LogP contribution in [0.5, 0.6) is 0 Å². The van der Waals surface area contributed by atoms with Crippen molar-refractivity contribution in [1.82, 2.24) is 10.3 Å². The Bertz CT molecular complexity index is 553. The van der Waals surface area contributed by atoms with E-state index in [2.05, 4.69) is 15.7 Å². The number of nitrogen functional groups attached to an aromatic ring is 1. The van der Waals surface area contributed by atoms with Gasteiger partial charge in [0.2, 0.25) is 0 Å². The lowest BCUT2D eigenvalue weighted by molar-refractivity contribution is 0.0952. The molecule has 1 heterocycles. The Labute approximate surface area is 109 Å². The van der Waals surface area contributed by atoms with Crippen molar-refractivity contribution in [3.8, 4) is 0 Å². The maximum Gasteiger partial charge on any atom is 0.253 e. The van der Waals surface area contributed by atoms with E-state index in [4.69, 9.17) is 5.84 Å². The van der Waals surface area contributed by atoms with Crippen LogP contribution in [0, 0.1) is 6.92 Å². The zero-order valence-corrected chi connectivity index (χ0v) is 10.8. The summed E-state index contributed by atoms with van der Waals surface area (Å²) in [6, 6.07) is 7.10. The first-order valence-electron chi connectivity index (χ1n) is 5.45. The molecular formula is C12H14N4OS. The highest BCUT2D eigenvalue weighted by Gasteiger charge is 2.10. The summed E-state index contributed by atoms with van der Waals surface area (Å²) in [5, 5.41) is 2.85. The number of para-hydroxylation sites is 1. The molecule has 1 aromatic heterocycles. The van der Waals surface area contributed by atoms with Crippen LogP contribution in [0.15, 0.2) is 29.8 Å². The normalized spacial score (nSPS) is 10.1. The molecule has 0 radical (unpaired) electrons. The van der Waals surface area contributed by atoms with E-state index in [9.17, 15) is 4.79 Å². The summed E-state index contributed by atoms with van der Waals surface area (Å²) in [5.41, 5.74) is 6.37. The van der Waals surface area contributed by atoms with Crippen molar-refractivity contribution in [1.29, 1.82) is 0 Å². The van der Waals surface area contributed by atoms with Crippen molar-refractivity contribution in [3.05, 3.63) is 45.9 Å². The summed E-state index contributed by atoms with van der Waals surface area (Å²) in [4.78, 5) is 17.2. The maximum atomic E-state index is 12.0. The number of hydrogen-bond donors (Lipinski definition) is 3. The zero-order valence-electron chi connectivity index (χ0n) is 9.93. The number of amides is 1. The van der Waals surface area contributed by atoms with Gasteiger partial charge in [0.15, 0.2) is 0 Å². The molecule has 1 aromatic carbocycles. The van der Waals surface area contributed by atoms with Crippen LogP contribution in [-0.2, 0) is 6.54 Å². The van der Waals surface area contributed by atoms with Gasteiger partial charge >= 0.3 is 0 Å². The van der Waals surface area contributed by atoms with Crippen LogP contribution in [-0.4, -0.2) is 10.9 Å². The van der Waals surface area contributed by atoms with E-state index >= 15 is 0 Å². The Morgan fingerprint density at radius 1 is 1.44 bits per heavy atom. The third-order valence-electron chi connectivity index (χ3n) is 2.58. The lowest BCUT2D eigenvalue weighted by atomic mass is 10.1. The highest BCUT2D eigenvalue weighted by atomic mass is 32.1. The molecule has 18 heavy (non-hydrogen) atoms. The second-order valence-corrected chi connectivity index (χ2v) is 4.67. The van der Waals surface area contributed by atoms with Crippen LogP contribution in [0.4, 0.5) is 5.69 Å². The zero-order chi connectivity index (χ0) is 13.0. The molecule has 5 nitrogen and oxygen atoms in total. The van der Waals surface area contributed by atoms with Crippen LogP contribution in [0.2, 0.25) is 0 Å². The van der Waals surface area contributed by atoms with Gasteiger partial charge in [0.1, 0.15) is 0 Å². The summed E-state index contributed by atoms with van der Waals surface area (Å²) in [5.74, 6) is 5.21. The molecule has 0 saturated heterocycles. The van der Waals surface area contributed by atoms with Gasteiger partial charge in [-0.05, 0) is 19.1 Å². The molecule has 0 unspecified atom stereocenters. The molecule has 0 aliphatic heterocycles. The van der Waals surface area contributed by atoms with Crippen molar-refractivity contribution in [2.24, 2.45) is 5.84 Å². The summed E-state index contributed by atoms with van der Waals surface area (Å²) in [6.07, 6.45) is 0. The molecule has 6 heteroatoms. The number of hydrogen-bond acceptors (Lipinski definition) is 5. The number of carbonyl (C=O) groups is 1. The molecule has 0 atom stereocenters. The molecule has 94 valence electrons. The molecule has 0 spiro atoms. The highest BCUT2D eigenvalue weighted by Crippen LogP contribution is 2.15. The van der Waals surface area contributed by atoms with E-state index in [0.29, 0.717) is 17.8 Å². The molecule has 2 rings (SSSR count). The number of aromatic nitrogens is 1. The second kappa shape index (κ2) is 5.61. The molecule has 4 N–H and O–H groups in total. The van der Waals surface area contributed by atoms with Crippen molar-refractivity contribution < 1.29 is 4.79 Å². The molecular weight excluding hydrogens is 248 g/mol. The molecule has 2 aromatic rings. The number of anilines is 1. The minimum absolute atomic E-state index is 0.156. The fourth-order valence-electron chi connectivity index (χ4n) is 1.56. The van der Waals surface area contributed by atoms with Crippen molar-refractivity contribution in [2.45, 2.75) is 13.5 Å². The van der Waals surface area contributed by atoms with E-state index in [1.165, 1.54) is 11.3 Å². The fraction of sp³-hybridized carbons (Fsp3) is 0.167. The standard InChI is InChI=1S/C12H14N4OS/c1-8-11(18-7-15-8)6-14-12(17)9-4-2-3-5-10(9)16-13/h2-5,7,16H,6,13H2,1H3,(H,14,17). The monoisotopic (exact) mass is 262 g/mol. The van der Waals surface area contributed by atoms with Crippen LogP contribution in [0.25, 0.3) is 0 Å². The SMILES string of the molecule is Cc1ncsc1CNC(=O)c1ccccc1NN.